The van der Waals surface area contributed by atoms with Crippen LogP contribution in [0.15, 0.2) is 77.7 Å². The molecule has 1 atom stereocenters. The molecular formula is C26H30N2O3S. The van der Waals surface area contributed by atoms with Gasteiger partial charge >= 0.3 is 0 Å². The van der Waals surface area contributed by atoms with Gasteiger partial charge in [0.1, 0.15) is 0 Å². The Hall–Kier alpha value is -2.96. The summed E-state index contributed by atoms with van der Waals surface area (Å²) in [6.07, 6.45) is 0. The van der Waals surface area contributed by atoms with Gasteiger partial charge in [0.05, 0.1) is 17.5 Å². The van der Waals surface area contributed by atoms with E-state index in [9.17, 15) is 13.2 Å². The molecule has 3 aromatic carbocycles. The zero-order chi connectivity index (χ0) is 23.3. The van der Waals surface area contributed by atoms with Gasteiger partial charge in [-0.15, -0.1) is 0 Å². The van der Waals surface area contributed by atoms with Gasteiger partial charge in [0, 0.05) is 6.54 Å². The smallest absolute Gasteiger partial charge is 0.244 e. The van der Waals surface area contributed by atoms with E-state index >= 15 is 0 Å². The Labute approximate surface area is 191 Å². The van der Waals surface area contributed by atoms with Gasteiger partial charge in [0.2, 0.25) is 15.9 Å². The first-order valence-electron chi connectivity index (χ1n) is 10.6. The molecule has 0 fully saturated rings. The number of aryl methyl sites for hydroxylation is 3. The number of rotatable bonds is 8. The van der Waals surface area contributed by atoms with Crippen molar-refractivity contribution in [2.75, 3.05) is 6.54 Å². The summed E-state index contributed by atoms with van der Waals surface area (Å²) in [4.78, 5) is 13.2. The zero-order valence-electron chi connectivity index (χ0n) is 19.0. The highest BCUT2D eigenvalue weighted by Crippen LogP contribution is 2.26. The number of hydrogen-bond donors (Lipinski definition) is 1. The monoisotopic (exact) mass is 450 g/mol. The summed E-state index contributed by atoms with van der Waals surface area (Å²) in [6.45, 7) is 7.27. The second-order valence-corrected chi connectivity index (χ2v) is 10.1. The highest BCUT2D eigenvalue weighted by Gasteiger charge is 2.30. The summed E-state index contributed by atoms with van der Waals surface area (Å²) in [5.74, 6) is -0.344. The van der Waals surface area contributed by atoms with E-state index in [-0.39, 0.29) is 29.9 Å². The molecule has 3 rings (SSSR count). The number of carbonyl (C=O) groups is 1. The molecule has 0 aliphatic heterocycles. The van der Waals surface area contributed by atoms with Crippen molar-refractivity contribution in [2.24, 2.45) is 0 Å². The lowest BCUT2D eigenvalue weighted by Gasteiger charge is -2.25. The standard InChI is InChI=1S/C26H30N2O3S/c1-19-15-20(2)26(21(3)16-19)32(30,31)28(17-23-11-7-5-8-12-23)18-25(29)27-22(4)24-13-9-6-10-14-24/h5-16,22H,17-18H2,1-4H3,(H,27,29)/t22-/m1/s1. The lowest BCUT2D eigenvalue weighted by atomic mass is 10.1. The lowest BCUT2D eigenvalue weighted by molar-refractivity contribution is -0.122. The molecule has 1 amide bonds. The SMILES string of the molecule is Cc1cc(C)c(S(=O)(=O)N(CC(=O)N[C@H](C)c2ccccc2)Cc2ccccc2)c(C)c1. The zero-order valence-corrected chi connectivity index (χ0v) is 19.8. The van der Waals surface area contributed by atoms with Crippen molar-refractivity contribution in [2.45, 2.75) is 45.2 Å². The van der Waals surface area contributed by atoms with Gasteiger partial charge in [0.25, 0.3) is 0 Å². The molecule has 6 heteroatoms. The minimum Gasteiger partial charge on any atom is -0.348 e. The molecule has 0 radical (unpaired) electrons. The van der Waals surface area contributed by atoms with E-state index in [4.69, 9.17) is 0 Å². The number of amides is 1. The number of hydrogen-bond acceptors (Lipinski definition) is 3. The largest absolute Gasteiger partial charge is 0.348 e. The van der Waals surface area contributed by atoms with Gasteiger partial charge in [0.15, 0.2) is 0 Å². The van der Waals surface area contributed by atoms with Crippen molar-refractivity contribution < 1.29 is 13.2 Å². The summed E-state index contributed by atoms with van der Waals surface area (Å²) in [6, 6.07) is 22.4. The van der Waals surface area contributed by atoms with Gasteiger partial charge < -0.3 is 5.32 Å². The van der Waals surface area contributed by atoms with E-state index in [0.29, 0.717) is 11.1 Å². The van der Waals surface area contributed by atoms with Gasteiger partial charge in [-0.05, 0) is 49.9 Å². The number of benzene rings is 3. The van der Waals surface area contributed by atoms with Crippen molar-refractivity contribution >= 4 is 15.9 Å². The summed E-state index contributed by atoms with van der Waals surface area (Å²) in [5, 5.41) is 2.93. The van der Waals surface area contributed by atoms with Crippen LogP contribution in [0, 0.1) is 20.8 Å². The first-order chi connectivity index (χ1) is 15.2. The molecule has 0 saturated carbocycles. The molecular weight excluding hydrogens is 420 g/mol. The highest BCUT2D eigenvalue weighted by molar-refractivity contribution is 7.89. The predicted octanol–water partition coefficient (Wildman–Crippen LogP) is 4.68. The Balaban J connectivity index is 1.91. The quantitative estimate of drug-likeness (QED) is 0.542. The van der Waals surface area contributed by atoms with E-state index in [0.717, 1.165) is 16.7 Å². The van der Waals surface area contributed by atoms with Crippen LogP contribution in [0.1, 0.15) is 40.8 Å². The maximum Gasteiger partial charge on any atom is 0.244 e. The minimum atomic E-state index is -3.90. The van der Waals surface area contributed by atoms with Crippen LogP contribution in [0.4, 0.5) is 0 Å². The predicted molar refractivity (Wildman–Crippen MR) is 128 cm³/mol. The fourth-order valence-corrected chi connectivity index (χ4v) is 5.78. The Morgan fingerprint density at radius 2 is 1.44 bits per heavy atom. The van der Waals surface area contributed by atoms with E-state index < -0.39 is 10.0 Å². The second kappa shape index (κ2) is 10.1. The van der Waals surface area contributed by atoms with Crippen molar-refractivity contribution in [1.82, 2.24) is 9.62 Å². The lowest BCUT2D eigenvalue weighted by Crippen LogP contribution is -2.41. The molecule has 0 heterocycles. The first kappa shape index (κ1) is 23.7. The van der Waals surface area contributed by atoms with E-state index in [1.165, 1.54) is 4.31 Å². The number of sulfonamides is 1. The third-order valence-electron chi connectivity index (χ3n) is 5.40. The van der Waals surface area contributed by atoms with Crippen LogP contribution >= 0.6 is 0 Å². The molecule has 0 aromatic heterocycles. The van der Waals surface area contributed by atoms with Gasteiger partial charge in [-0.2, -0.15) is 4.31 Å². The molecule has 0 saturated heterocycles. The fourth-order valence-electron chi connectivity index (χ4n) is 3.99. The molecule has 32 heavy (non-hydrogen) atoms. The van der Waals surface area contributed by atoms with Crippen LogP contribution in [0.2, 0.25) is 0 Å². The Kier molecular flexibility index (Phi) is 7.48. The van der Waals surface area contributed by atoms with Crippen LogP contribution in [0.25, 0.3) is 0 Å². The van der Waals surface area contributed by atoms with Gasteiger partial charge in [-0.25, -0.2) is 8.42 Å². The third kappa shape index (κ3) is 5.64. The molecule has 5 nitrogen and oxygen atoms in total. The Bertz CT molecular complexity index is 1150. The van der Waals surface area contributed by atoms with Gasteiger partial charge in [-0.1, -0.05) is 78.4 Å². The second-order valence-electron chi connectivity index (χ2n) is 8.19. The van der Waals surface area contributed by atoms with Crippen molar-refractivity contribution in [3.8, 4) is 0 Å². The molecule has 0 unspecified atom stereocenters. The Morgan fingerprint density at radius 1 is 0.906 bits per heavy atom. The number of nitrogens with zero attached hydrogens (tertiary/aromatic N) is 1. The number of carbonyl (C=O) groups excluding carboxylic acids is 1. The molecule has 0 aliphatic rings. The number of nitrogens with one attached hydrogen (secondary N) is 1. The maximum absolute atomic E-state index is 13.7. The van der Waals surface area contributed by atoms with E-state index in [2.05, 4.69) is 5.32 Å². The fraction of sp³-hybridized carbons (Fsp3) is 0.269. The van der Waals surface area contributed by atoms with E-state index in [1.54, 1.807) is 13.8 Å². The molecule has 1 N–H and O–H groups in total. The van der Waals surface area contributed by atoms with Crippen LogP contribution in [0.5, 0.6) is 0 Å². The molecule has 168 valence electrons. The molecule has 0 aliphatic carbocycles. The van der Waals surface area contributed by atoms with Gasteiger partial charge in [-0.3, -0.25) is 4.79 Å². The van der Waals surface area contributed by atoms with E-state index in [1.807, 2.05) is 86.6 Å². The van der Waals surface area contributed by atoms with Crippen molar-refractivity contribution in [3.05, 3.63) is 101 Å². The van der Waals surface area contributed by atoms with Crippen LogP contribution in [-0.2, 0) is 21.4 Å². The normalized spacial score (nSPS) is 12.5. The maximum atomic E-state index is 13.7. The summed E-state index contributed by atoms with van der Waals surface area (Å²) in [5.41, 5.74) is 4.14. The molecule has 3 aromatic rings. The van der Waals surface area contributed by atoms with Crippen molar-refractivity contribution in [3.63, 3.8) is 0 Å². The summed E-state index contributed by atoms with van der Waals surface area (Å²) in [7, 11) is -3.90. The molecule has 0 spiro atoms. The third-order valence-corrected chi connectivity index (χ3v) is 7.50. The summed E-state index contributed by atoms with van der Waals surface area (Å²) < 4.78 is 28.7. The average Bonchev–Trinajstić information content (AvgIpc) is 2.73. The highest BCUT2D eigenvalue weighted by atomic mass is 32.2. The topological polar surface area (TPSA) is 66.5 Å². The molecule has 0 bridgehead atoms. The van der Waals surface area contributed by atoms with Crippen LogP contribution in [0.3, 0.4) is 0 Å². The van der Waals surface area contributed by atoms with Crippen LogP contribution < -0.4 is 5.32 Å². The van der Waals surface area contributed by atoms with Crippen molar-refractivity contribution in [1.29, 1.82) is 0 Å². The average molecular weight is 451 g/mol. The summed E-state index contributed by atoms with van der Waals surface area (Å²) >= 11 is 0. The van der Waals surface area contributed by atoms with Crippen LogP contribution in [-0.4, -0.2) is 25.2 Å². The Morgan fingerprint density at radius 3 is 2.00 bits per heavy atom. The first-order valence-corrected chi connectivity index (χ1v) is 12.1. The minimum absolute atomic E-state index is 0.114.